The van der Waals surface area contributed by atoms with Crippen LogP contribution in [0.1, 0.15) is 16.7 Å². The summed E-state index contributed by atoms with van der Waals surface area (Å²) < 4.78 is 1.96. The van der Waals surface area contributed by atoms with E-state index in [9.17, 15) is 0 Å². The van der Waals surface area contributed by atoms with Crippen LogP contribution in [0.15, 0.2) is 115 Å². The monoisotopic (exact) mass is 364 g/mol. The fourth-order valence-corrected chi connectivity index (χ4v) is 2.92. The first kappa shape index (κ1) is 17.5. The van der Waals surface area contributed by atoms with Gasteiger partial charge in [-0.15, -0.1) is 0 Å². The predicted molar refractivity (Wildman–Crippen MR) is 114 cm³/mol. The van der Waals surface area contributed by atoms with Crippen LogP contribution in [0.5, 0.6) is 0 Å². The maximum atomic E-state index is 4.66. The van der Waals surface area contributed by atoms with Crippen molar-refractivity contribution in [1.82, 2.24) is 15.0 Å². The molecule has 1 N–H and O–H groups in total. The topological polar surface area (TPSA) is 42.2 Å². The van der Waals surface area contributed by atoms with Gasteiger partial charge in [0.1, 0.15) is 0 Å². The highest BCUT2D eigenvalue weighted by atomic mass is 15.3. The molecule has 0 unspecified atom stereocenters. The molecule has 4 heteroatoms. The number of hydrazone groups is 1. The predicted octanol–water partition coefficient (Wildman–Crippen LogP) is 4.89. The molecule has 0 radical (unpaired) electrons. The Morgan fingerprint density at radius 3 is 1.93 bits per heavy atom. The van der Waals surface area contributed by atoms with E-state index < -0.39 is 0 Å². The van der Waals surface area contributed by atoms with Gasteiger partial charge in [0.25, 0.3) is 0 Å². The van der Waals surface area contributed by atoms with Crippen molar-refractivity contribution in [3.05, 3.63) is 127 Å². The molecule has 136 valence electrons. The molecule has 1 aromatic heterocycles. The zero-order valence-electron chi connectivity index (χ0n) is 15.4. The Morgan fingerprint density at radius 1 is 0.786 bits per heavy atom. The molecule has 0 amide bonds. The van der Waals surface area contributed by atoms with Gasteiger partial charge in [-0.05, 0) is 17.7 Å². The fourth-order valence-electron chi connectivity index (χ4n) is 2.92. The number of benzene rings is 3. The minimum atomic E-state index is 0.738. The van der Waals surface area contributed by atoms with Crippen LogP contribution in [0, 0.1) is 0 Å². The molecule has 4 nitrogen and oxygen atoms in total. The minimum absolute atomic E-state index is 0.738. The normalized spacial score (nSPS) is 10.3. The Bertz CT molecular complexity index is 1020. The minimum Gasteiger partial charge on any atom is -0.306 e. The quantitative estimate of drug-likeness (QED) is 0.391. The van der Waals surface area contributed by atoms with Gasteiger partial charge < -0.3 is 4.57 Å². The average molecular weight is 364 g/mol. The average Bonchev–Trinajstić information content (AvgIpc) is 3.30. The van der Waals surface area contributed by atoms with Gasteiger partial charge in [-0.3, -0.25) is 5.43 Å². The summed E-state index contributed by atoms with van der Waals surface area (Å²) in [5.74, 6) is 0. The highest BCUT2D eigenvalue weighted by Crippen LogP contribution is 2.15. The standard InChI is InChI=1S/C24H20N4/c1-19(20-12-14-23(15-13-20)28-17-16-25-18-28)26-27-24(21-8-4-2-5-9-21)22-10-6-3-7-11-22/h2-18,26H,1H2. The third-order valence-electron chi connectivity index (χ3n) is 4.42. The summed E-state index contributed by atoms with van der Waals surface area (Å²) in [7, 11) is 0. The third-order valence-corrected chi connectivity index (χ3v) is 4.42. The molecule has 4 aromatic rings. The lowest BCUT2D eigenvalue weighted by Gasteiger charge is -2.11. The molecule has 0 saturated carbocycles. The van der Waals surface area contributed by atoms with Crippen LogP contribution < -0.4 is 5.43 Å². The summed E-state index contributed by atoms with van der Waals surface area (Å²) in [6.07, 6.45) is 5.45. The Morgan fingerprint density at radius 2 is 1.39 bits per heavy atom. The van der Waals surface area contributed by atoms with Crippen molar-refractivity contribution in [3.63, 3.8) is 0 Å². The lowest BCUT2D eigenvalue weighted by Crippen LogP contribution is -2.11. The van der Waals surface area contributed by atoms with E-state index in [0.29, 0.717) is 0 Å². The Hall–Kier alpha value is -3.92. The molecular formula is C24H20N4. The largest absolute Gasteiger partial charge is 0.306 e. The van der Waals surface area contributed by atoms with Gasteiger partial charge in [-0.2, -0.15) is 5.10 Å². The zero-order chi connectivity index (χ0) is 19.2. The second-order valence-corrected chi connectivity index (χ2v) is 6.30. The van der Waals surface area contributed by atoms with Crippen LogP contribution >= 0.6 is 0 Å². The maximum Gasteiger partial charge on any atom is 0.0991 e. The summed E-state index contributed by atoms with van der Waals surface area (Å²) in [5.41, 5.74) is 8.85. The molecule has 0 bridgehead atoms. The first-order chi connectivity index (χ1) is 13.8. The van der Waals surface area contributed by atoms with E-state index >= 15 is 0 Å². The van der Waals surface area contributed by atoms with Crippen LogP contribution in [0.2, 0.25) is 0 Å². The van der Waals surface area contributed by atoms with Crippen LogP contribution in [0.4, 0.5) is 0 Å². The molecule has 0 aliphatic heterocycles. The number of hydrogen-bond donors (Lipinski definition) is 1. The van der Waals surface area contributed by atoms with Gasteiger partial charge in [0.05, 0.1) is 17.7 Å². The van der Waals surface area contributed by atoms with Crippen LogP contribution in [0.3, 0.4) is 0 Å². The van der Waals surface area contributed by atoms with E-state index in [2.05, 4.69) is 46.4 Å². The summed E-state index contributed by atoms with van der Waals surface area (Å²) in [4.78, 5) is 4.08. The first-order valence-corrected chi connectivity index (χ1v) is 9.03. The van der Waals surface area contributed by atoms with Crippen molar-refractivity contribution in [2.75, 3.05) is 0 Å². The third kappa shape index (κ3) is 3.91. The number of imidazole rings is 1. The molecule has 0 aliphatic rings. The van der Waals surface area contributed by atoms with Crippen LogP contribution in [-0.4, -0.2) is 15.3 Å². The molecule has 0 aliphatic carbocycles. The molecule has 28 heavy (non-hydrogen) atoms. The fraction of sp³-hybridized carbons (Fsp3) is 0. The summed E-state index contributed by atoms with van der Waals surface area (Å²) >= 11 is 0. The zero-order valence-corrected chi connectivity index (χ0v) is 15.4. The van der Waals surface area contributed by atoms with Gasteiger partial charge in [-0.25, -0.2) is 4.98 Å². The van der Waals surface area contributed by atoms with Crippen molar-refractivity contribution in [2.24, 2.45) is 5.10 Å². The van der Waals surface area contributed by atoms with Crippen molar-refractivity contribution in [1.29, 1.82) is 0 Å². The van der Waals surface area contributed by atoms with Crippen molar-refractivity contribution in [2.45, 2.75) is 0 Å². The summed E-state index contributed by atoms with van der Waals surface area (Å²) in [6, 6.07) is 28.4. The van der Waals surface area contributed by atoms with Crippen molar-refractivity contribution >= 4 is 11.4 Å². The van der Waals surface area contributed by atoms with Crippen LogP contribution in [-0.2, 0) is 0 Å². The lowest BCUT2D eigenvalue weighted by molar-refractivity contribution is 0.992. The van der Waals surface area contributed by atoms with E-state index in [1.165, 1.54) is 0 Å². The van der Waals surface area contributed by atoms with E-state index in [-0.39, 0.29) is 0 Å². The highest BCUT2D eigenvalue weighted by Gasteiger charge is 2.07. The maximum absolute atomic E-state index is 4.66. The summed E-state index contributed by atoms with van der Waals surface area (Å²) in [5, 5.41) is 4.66. The Kier molecular flexibility index (Phi) is 5.11. The molecule has 0 atom stereocenters. The molecular weight excluding hydrogens is 344 g/mol. The summed E-state index contributed by atoms with van der Waals surface area (Å²) in [6.45, 7) is 4.14. The van der Waals surface area contributed by atoms with Gasteiger partial charge in [0, 0.05) is 29.2 Å². The van der Waals surface area contributed by atoms with Gasteiger partial charge in [-0.1, -0.05) is 79.4 Å². The second-order valence-electron chi connectivity index (χ2n) is 6.30. The highest BCUT2D eigenvalue weighted by molar-refractivity contribution is 6.12. The number of aromatic nitrogens is 2. The number of nitrogens with one attached hydrogen (secondary N) is 1. The van der Waals surface area contributed by atoms with Crippen molar-refractivity contribution < 1.29 is 0 Å². The lowest BCUT2D eigenvalue weighted by atomic mass is 10.0. The molecule has 4 rings (SSSR count). The van der Waals surface area contributed by atoms with Crippen LogP contribution in [0.25, 0.3) is 11.4 Å². The molecule has 0 spiro atoms. The number of nitrogens with zero attached hydrogens (tertiary/aromatic N) is 3. The number of hydrogen-bond acceptors (Lipinski definition) is 3. The molecule has 0 fully saturated rings. The van der Waals surface area contributed by atoms with Gasteiger partial charge in [0.2, 0.25) is 0 Å². The Balaban J connectivity index is 1.57. The smallest absolute Gasteiger partial charge is 0.0991 e. The van der Waals surface area contributed by atoms with Crippen molar-refractivity contribution in [3.8, 4) is 5.69 Å². The Labute approximate surface area is 164 Å². The number of rotatable bonds is 6. The van der Waals surface area contributed by atoms with E-state index in [4.69, 9.17) is 0 Å². The van der Waals surface area contributed by atoms with Gasteiger partial charge in [0.15, 0.2) is 0 Å². The van der Waals surface area contributed by atoms with E-state index in [0.717, 1.165) is 33.8 Å². The molecule has 0 saturated heterocycles. The van der Waals surface area contributed by atoms with E-state index in [1.54, 1.807) is 12.5 Å². The van der Waals surface area contributed by atoms with Gasteiger partial charge >= 0.3 is 0 Å². The molecule has 3 aromatic carbocycles. The molecule has 1 heterocycles. The second kappa shape index (κ2) is 8.18. The first-order valence-electron chi connectivity index (χ1n) is 9.03. The van der Waals surface area contributed by atoms with E-state index in [1.807, 2.05) is 71.4 Å². The SMILES string of the molecule is C=C(NN=C(c1ccccc1)c1ccccc1)c1ccc(-n2ccnc2)cc1.